The third-order valence-electron chi connectivity index (χ3n) is 6.49. The SMILES string of the molecule is [O-][S@@+](NC1=CCC[C@H](N2c3ccccc3CCc3ccccc32)[C@@H]1O)c1ccc(OC(F)(F)F)cc1. The molecule has 2 N–H and O–H groups in total. The molecule has 0 aromatic heterocycles. The van der Waals surface area contributed by atoms with Crippen LogP contribution < -0.4 is 14.4 Å². The molecule has 0 bridgehead atoms. The Labute approximate surface area is 210 Å². The van der Waals surface area contributed by atoms with Crippen molar-refractivity contribution >= 4 is 22.7 Å². The van der Waals surface area contributed by atoms with Crippen LogP contribution in [0.2, 0.25) is 0 Å². The van der Waals surface area contributed by atoms with Crippen LogP contribution in [0.1, 0.15) is 24.0 Å². The summed E-state index contributed by atoms with van der Waals surface area (Å²) < 4.78 is 57.0. The molecule has 188 valence electrons. The summed E-state index contributed by atoms with van der Waals surface area (Å²) in [6.07, 6.45) is -0.761. The molecule has 9 heteroatoms. The van der Waals surface area contributed by atoms with Crippen LogP contribution in [-0.2, 0) is 24.2 Å². The highest BCUT2D eigenvalue weighted by Crippen LogP contribution is 2.40. The lowest BCUT2D eigenvalue weighted by atomic mass is 9.93. The molecule has 1 aliphatic carbocycles. The molecule has 3 atom stereocenters. The predicted octanol–water partition coefficient (Wildman–Crippen LogP) is 5.54. The Morgan fingerprint density at radius 3 is 2.08 bits per heavy atom. The van der Waals surface area contributed by atoms with Crippen LogP contribution in [0.3, 0.4) is 0 Å². The first-order valence-electron chi connectivity index (χ1n) is 11.7. The topological polar surface area (TPSA) is 67.8 Å². The molecule has 36 heavy (non-hydrogen) atoms. The van der Waals surface area contributed by atoms with Crippen LogP contribution in [0, 0.1) is 0 Å². The van der Waals surface area contributed by atoms with Crippen molar-refractivity contribution in [2.45, 2.75) is 49.1 Å². The van der Waals surface area contributed by atoms with Gasteiger partial charge in [-0.1, -0.05) is 42.5 Å². The van der Waals surface area contributed by atoms with Gasteiger partial charge in [0.15, 0.2) is 4.90 Å². The summed E-state index contributed by atoms with van der Waals surface area (Å²) in [5.74, 6) is -0.390. The predicted molar refractivity (Wildman–Crippen MR) is 132 cm³/mol. The molecule has 1 heterocycles. The average Bonchev–Trinajstić information content (AvgIpc) is 3.02. The van der Waals surface area contributed by atoms with Gasteiger partial charge < -0.3 is 19.3 Å². The minimum Gasteiger partial charge on any atom is -0.588 e. The van der Waals surface area contributed by atoms with Crippen molar-refractivity contribution in [3.05, 3.63) is 95.7 Å². The van der Waals surface area contributed by atoms with E-state index in [0.29, 0.717) is 18.5 Å². The molecule has 2 aliphatic rings. The lowest BCUT2D eigenvalue weighted by Crippen LogP contribution is -2.47. The minimum absolute atomic E-state index is 0.269. The summed E-state index contributed by atoms with van der Waals surface area (Å²) in [4.78, 5) is 2.47. The summed E-state index contributed by atoms with van der Waals surface area (Å²) in [5, 5.41) is 11.4. The fraction of sp³-hybridized carbons (Fsp3) is 0.259. The Hall–Kier alpha value is -3.14. The van der Waals surface area contributed by atoms with E-state index < -0.39 is 29.6 Å². The number of hydrogen-bond acceptors (Lipinski definition) is 5. The third-order valence-corrected chi connectivity index (χ3v) is 7.61. The largest absolute Gasteiger partial charge is 0.588 e. The van der Waals surface area contributed by atoms with Gasteiger partial charge in [-0.05, 0) is 73.2 Å². The zero-order valence-electron chi connectivity index (χ0n) is 19.2. The molecule has 0 unspecified atom stereocenters. The van der Waals surface area contributed by atoms with E-state index in [1.807, 2.05) is 30.3 Å². The maximum absolute atomic E-state index is 13.0. The minimum atomic E-state index is -4.80. The first kappa shape index (κ1) is 24.5. The number of hydrogen-bond donors (Lipinski definition) is 2. The standard InChI is InChI=1S/C27H25F3N2O3S/c28-27(29,30)35-20-14-16-21(17-15-20)36(34)31-22-8-5-11-25(26(22)33)32-23-9-3-1-6-18(23)12-13-19-7-2-4-10-24(19)32/h1-4,6-10,14-17,25-26,31,33H,5,11-13H2/t25-,26+,36+/m0/s1. The number of rotatable bonds is 5. The van der Waals surface area contributed by atoms with E-state index in [1.54, 1.807) is 0 Å². The van der Waals surface area contributed by atoms with Crippen molar-refractivity contribution in [1.29, 1.82) is 0 Å². The summed E-state index contributed by atoms with van der Waals surface area (Å²) in [7, 11) is 0. The van der Waals surface area contributed by atoms with Crippen LogP contribution in [-0.4, -0.2) is 28.2 Å². The molecular formula is C27H25F3N2O3S. The van der Waals surface area contributed by atoms with Crippen LogP contribution in [0.25, 0.3) is 0 Å². The van der Waals surface area contributed by atoms with Gasteiger partial charge in [-0.15, -0.1) is 13.2 Å². The van der Waals surface area contributed by atoms with Crippen LogP contribution >= 0.6 is 0 Å². The number of alkyl halides is 3. The number of halogens is 3. The van der Waals surface area contributed by atoms with Crippen molar-refractivity contribution in [3.63, 3.8) is 0 Å². The fourth-order valence-electron chi connectivity index (χ4n) is 4.87. The zero-order valence-corrected chi connectivity index (χ0v) is 20.1. The van der Waals surface area contributed by atoms with Gasteiger partial charge in [-0.3, -0.25) is 0 Å². The van der Waals surface area contributed by atoms with Crippen molar-refractivity contribution in [3.8, 4) is 5.75 Å². The lowest BCUT2D eigenvalue weighted by molar-refractivity contribution is -0.274. The number of para-hydroxylation sites is 2. The second kappa shape index (κ2) is 10.1. The molecule has 0 spiro atoms. The van der Waals surface area contributed by atoms with Gasteiger partial charge in [0.25, 0.3) is 0 Å². The highest BCUT2D eigenvalue weighted by atomic mass is 32.2. The number of ether oxygens (including phenoxy) is 1. The first-order chi connectivity index (χ1) is 17.3. The van der Waals surface area contributed by atoms with Gasteiger partial charge in [0.1, 0.15) is 23.2 Å². The quantitative estimate of drug-likeness (QED) is 0.438. The fourth-order valence-corrected chi connectivity index (χ4v) is 5.79. The highest BCUT2D eigenvalue weighted by Gasteiger charge is 2.36. The molecule has 0 amide bonds. The summed E-state index contributed by atoms with van der Waals surface area (Å²) >= 11 is -1.78. The normalized spacial score (nSPS) is 20.5. The van der Waals surface area contributed by atoms with Crippen LogP contribution in [0.5, 0.6) is 5.75 Å². The average molecular weight is 515 g/mol. The molecule has 0 saturated carbocycles. The molecule has 5 nitrogen and oxygen atoms in total. The molecule has 3 aromatic carbocycles. The molecule has 5 rings (SSSR count). The van der Waals surface area contributed by atoms with Crippen molar-refractivity contribution in [1.82, 2.24) is 4.72 Å². The second-order valence-electron chi connectivity index (χ2n) is 8.77. The number of fused-ring (bicyclic) bond motifs is 2. The van der Waals surface area contributed by atoms with E-state index in [2.05, 4.69) is 38.6 Å². The molecule has 1 aliphatic heterocycles. The van der Waals surface area contributed by atoms with Gasteiger partial charge >= 0.3 is 6.36 Å². The molecular weight excluding hydrogens is 489 g/mol. The van der Waals surface area contributed by atoms with E-state index >= 15 is 0 Å². The zero-order chi connectivity index (χ0) is 25.3. The number of aryl methyl sites for hydroxylation is 2. The number of aliphatic hydroxyl groups excluding tert-OH is 1. The van der Waals surface area contributed by atoms with Gasteiger partial charge in [-0.25, -0.2) is 4.72 Å². The smallest absolute Gasteiger partial charge is 0.573 e. The van der Waals surface area contributed by atoms with Gasteiger partial charge in [-0.2, -0.15) is 0 Å². The number of anilines is 2. The maximum atomic E-state index is 13.0. The summed E-state index contributed by atoms with van der Waals surface area (Å²) in [6, 6.07) is 20.9. The van der Waals surface area contributed by atoms with Gasteiger partial charge in [0, 0.05) is 11.4 Å². The number of allylic oxidation sites excluding steroid dienone is 1. The third kappa shape index (κ3) is 5.18. The second-order valence-corrected chi connectivity index (χ2v) is 9.98. The number of benzene rings is 3. The lowest BCUT2D eigenvalue weighted by Gasteiger charge is -2.40. The van der Waals surface area contributed by atoms with E-state index in [9.17, 15) is 22.8 Å². The van der Waals surface area contributed by atoms with E-state index in [0.717, 1.165) is 36.3 Å². The monoisotopic (exact) mass is 514 g/mol. The van der Waals surface area contributed by atoms with E-state index in [-0.39, 0.29) is 10.9 Å². The Morgan fingerprint density at radius 2 is 1.50 bits per heavy atom. The molecule has 0 radical (unpaired) electrons. The Morgan fingerprint density at radius 1 is 0.917 bits per heavy atom. The summed E-state index contributed by atoms with van der Waals surface area (Å²) in [5.41, 5.74) is 4.94. The van der Waals surface area contributed by atoms with E-state index in [4.69, 9.17) is 0 Å². The number of nitrogens with zero attached hydrogens (tertiary/aromatic N) is 1. The maximum Gasteiger partial charge on any atom is 0.573 e. The first-order valence-corrected chi connectivity index (χ1v) is 12.8. The van der Waals surface area contributed by atoms with Crippen molar-refractivity contribution in [2.24, 2.45) is 0 Å². The summed E-state index contributed by atoms with van der Waals surface area (Å²) in [6.45, 7) is 0. The Bertz CT molecular complexity index is 1200. The molecule has 0 fully saturated rings. The van der Waals surface area contributed by atoms with Gasteiger partial charge in [0.05, 0.1) is 11.7 Å². The Balaban J connectivity index is 1.38. The van der Waals surface area contributed by atoms with Crippen molar-refractivity contribution in [2.75, 3.05) is 4.90 Å². The van der Waals surface area contributed by atoms with Crippen LogP contribution in [0.15, 0.2) is 89.5 Å². The van der Waals surface area contributed by atoms with Gasteiger partial charge in [0.2, 0.25) is 0 Å². The number of aliphatic hydroxyl groups is 1. The molecule has 0 saturated heterocycles. The number of nitrogens with one attached hydrogen (secondary N) is 1. The highest BCUT2D eigenvalue weighted by molar-refractivity contribution is 7.89. The van der Waals surface area contributed by atoms with E-state index in [1.165, 1.54) is 23.3 Å². The van der Waals surface area contributed by atoms with Crippen molar-refractivity contribution < 1.29 is 27.6 Å². The Kier molecular flexibility index (Phi) is 6.87. The molecule has 3 aromatic rings. The van der Waals surface area contributed by atoms with Crippen LogP contribution in [0.4, 0.5) is 24.5 Å².